The number of carbonyl (C=O) groups excluding carboxylic acids is 1. The molecule has 2 rings (SSSR count). The van der Waals surface area contributed by atoms with E-state index in [4.69, 9.17) is 5.26 Å². The average Bonchev–Trinajstić information content (AvgIpc) is 2.70. The topological polar surface area (TPSA) is 67.6 Å². The normalized spacial score (nSPS) is 18.1. The zero-order valence-electron chi connectivity index (χ0n) is 13.0. The Morgan fingerprint density at radius 2 is 2.27 bits per heavy atom. The molecule has 0 bridgehead atoms. The maximum Gasteiger partial charge on any atom is 0.223 e. The van der Waals surface area contributed by atoms with E-state index in [0.717, 1.165) is 24.2 Å². The minimum atomic E-state index is -0.421. The number of rotatable bonds is 5. The van der Waals surface area contributed by atoms with Crippen molar-refractivity contribution in [2.24, 2.45) is 0 Å². The smallest absolute Gasteiger partial charge is 0.223 e. The lowest BCUT2D eigenvalue weighted by molar-refractivity contribution is -0.130. The summed E-state index contributed by atoms with van der Waals surface area (Å²) in [6, 6.07) is 10.00. The summed E-state index contributed by atoms with van der Waals surface area (Å²) in [7, 11) is 1.74. The van der Waals surface area contributed by atoms with Crippen LogP contribution in [0.25, 0.3) is 0 Å². The van der Waals surface area contributed by atoms with Crippen LogP contribution in [-0.4, -0.2) is 47.5 Å². The Morgan fingerprint density at radius 1 is 1.50 bits per heavy atom. The number of carbonyl (C=O) groups is 1. The fourth-order valence-electron chi connectivity index (χ4n) is 2.76. The third kappa shape index (κ3) is 4.30. The quantitative estimate of drug-likeness (QED) is 0.898. The van der Waals surface area contributed by atoms with Gasteiger partial charge in [0.05, 0.1) is 18.6 Å². The second kappa shape index (κ2) is 7.92. The number of hydrogen-bond acceptors (Lipinski definition) is 4. The lowest BCUT2D eigenvalue weighted by atomic mass is 10.0. The van der Waals surface area contributed by atoms with Gasteiger partial charge in [-0.3, -0.25) is 9.69 Å². The van der Waals surface area contributed by atoms with Crippen LogP contribution in [0.1, 0.15) is 36.5 Å². The van der Waals surface area contributed by atoms with Gasteiger partial charge in [-0.15, -0.1) is 0 Å². The number of aliphatic hydroxyl groups is 1. The molecular weight excluding hydrogens is 278 g/mol. The number of fused-ring (bicyclic) bond motifs is 1. The van der Waals surface area contributed by atoms with Gasteiger partial charge in [-0.25, -0.2) is 0 Å². The van der Waals surface area contributed by atoms with Gasteiger partial charge in [-0.1, -0.05) is 24.3 Å². The Morgan fingerprint density at radius 3 is 3.05 bits per heavy atom. The van der Waals surface area contributed by atoms with E-state index < -0.39 is 6.10 Å². The molecule has 1 heterocycles. The molecule has 5 nitrogen and oxygen atoms in total. The number of amides is 1. The van der Waals surface area contributed by atoms with Crippen molar-refractivity contribution >= 4 is 5.91 Å². The predicted octanol–water partition coefficient (Wildman–Crippen LogP) is 1.69. The number of benzene rings is 1. The van der Waals surface area contributed by atoms with Gasteiger partial charge in [0.15, 0.2) is 0 Å². The maximum absolute atomic E-state index is 12.0. The average molecular weight is 301 g/mol. The molecule has 1 unspecified atom stereocenters. The van der Waals surface area contributed by atoms with Gasteiger partial charge >= 0.3 is 0 Å². The zero-order valence-corrected chi connectivity index (χ0v) is 13.0. The molecule has 0 saturated heterocycles. The Hall–Kier alpha value is -1.90. The monoisotopic (exact) mass is 301 g/mol. The highest BCUT2D eigenvalue weighted by Crippen LogP contribution is 2.26. The molecule has 1 aromatic carbocycles. The van der Waals surface area contributed by atoms with Crippen LogP contribution in [0, 0.1) is 11.3 Å². The standard InChI is InChI=1S/C17H23N3O2/c1-19(10-4-9-18)17(22)8-12-20-11-7-16(21)15-6-3-2-5-14(15)13-20/h2-3,5-6,16,21H,4,7-8,10-13H2,1H3. The van der Waals surface area contributed by atoms with Gasteiger partial charge in [0, 0.05) is 39.6 Å². The highest BCUT2D eigenvalue weighted by atomic mass is 16.3. The number of nitriles is 1. The van der Waals surface area contributed by atoms with Crippen LogP contribution in [0.3, 0.4) is 0 Å². The molecule has 0 spiro atoms. The van der Waals surface area contributed by atoms with Gasteiger partial charge in [-0.05, 0) is 17.5 Å². The molecule has 1 atom stereocenters. The first-order valence-electron chi connectivity index (χ1n) is 7.71. The molecule has 118 valence electrons. The molecule has 1 N–H and O–H groups in total. The van der Waals surface area contributed by atoms with Crippen molar-refractivity contribution < 1.29 is 9.90 Å². The molecule has 1 amide bonds. The van der Waals surface area contributed by atoms with Crippen molar-refractivity contribution in [3.63, 3.8) is 0 Å². The van der Waals surface area contributed by atoms with Gasteiger partial charge in [0.2, 0.25) is 5.91 Å². The van der Waals surface area contributed by atoms with E-state index in [1.165, 1.54) is 0 Å². The minimum absolute atomic E-state index is 0.0633. The molecular formula is C17H23N3O2. The van der Waals surface area contributed by atoms with E-state index in [2.05, 4.69) is 11.0 Å². The SMILES string of the molecule is CN(CCC#N)C(=O)CCN1CCC(O)c2ccccc2C1. The number of aliphatic hydroxyl groups excluding tert-OH is 1. The van der Waals surface area contributed by atoms with Crippen molar-refractivity contribution in [3.8, 4) is 6.07 Å². The summed E-state index contributed by atoms with van der Waals surface area (Å²) < 4.78 is 0. The van der Waals surface area contributed by atoms with E-state index in [9.17, 15) is 9.90 Å². The van der Waals surface area contributed by atoms with E-state index in [-0.39, 0.29) is 5.91 Å². The van der Waals surface area contributed by atoms with E-state index in [1.807, 2.05) is 24.3 Å². The first kappa shape index (κ1) is 16.5. The van der Waals surface area contributed by atoms with Crippen molar-refractivity contribution in [1.82, 2.24) is 9.80 Å². The second-order valence-corrected chi connectivity index (χ2v) is 5.75. The second-order valence-electron chi connectivity index (χ2n) is 5.75. The minimum Gasteiger partial charge on any atom is -0.388 e. The van der Waals surface area contributed by atoms with Crippen molar-refractivity contribution in [2.45, 2.75) is 31.9 Å². The summed E-state index contributed by atoms with van der Waals surface area (Å²) in [4.78, 5) is 15.9. The predicted molar refractivity (Wildman–Crippen MR) is 83.8 cm³/mol. The third-order valence-electron chi connectivity index (χ3n) is 4.15. The molecule has 5 heteroatoms. The largest absolute Gasteiger partial charge is 0.388 e. The summed E-state index contributed by atoms with van der Waals surface area (Å²) in [5.74, 6) is 0.0633. The van der Waals surface area contributed by atoms with Crippen LogP contribution < -0.4 is 0 Å². The van der Waals surface area contributed by atoms with Crippen molar-refractivity contribution in [3.05, 3.63) is 35.4 Å². The summed E-state index contributed by atoms with van der Waals surface area (Å²) >= 11 is 0. The van der Waals surface area contributed by atoms with E-state index >= 15 is 0 Å². The van der Waals surface area contributed by atoms with Crippen LogP contribution in [0.4, 0.5) is 0 Å². The maximum atomic E-state index is 12.0. The molecule has 1 aliphatic rings. The van der Waals surface area contributed by atoms with Crippen LogP contribution in [-0.2, 0) is 11.3 Å². The zero-order chi connectivity index (χ0) is 15.9. The summed E-state index contributed by atoms with van der Waals surface area (Å²) in [5, 5.41) is 18.7. The molecule has 0 radical (unpaired) electrons. The Kier molecular flexibility index (Phi) is 5.93. The van der Waals surface area contributed by atoms with Crippen LogP contribution in [0.5, 0.6) is 0 Å². The molecule has 1 aromatic rings. The Bertz CT molecular complexity index is 553. The van der Waals surface area contributed by atoms with Gasteiger partial charge in [0.1, 0.15) is 0 Å². The molecule has 0 fully saturated rings. The molecule has 0 saturated carbocycles. The van der Waals surface area contributed by atoms with Crippen molar-refractivity contribution in [1.29, 1.82) is 5.26 Å². The fraction of sp³-hybridized carbons (Fsp3) is 0.529. The van der Waals surface area contributed by atoms with Crippen molar-refractivity contribution in [2.75, 3.05) is 26.7 Å². The van der Waals surface area contributed by atoms with Gasteiger partial charge < -0.3 is 10.0 Å². The van der Waals surface area contributed by atoms with Gasteiger partial charge in [0.25, 0.3) is 0 Å². The summed E-state index contributed by atoms with van der Waals surface area (Å²) in [6.07, 6.45) is 1.08. The van der Waals surface area contributed by atoms with Crippen LogP contribution in [0.15, 0.2) is 24.3 Å². The number of hydrogen-bond donors (Lipinski definition) is 1. The molecule has 22 heavy (non-hydrogen) atoms. The highest BCUT2D eigenvalue weighted by molar-refractivity contribution is 5.76. The highest BCUT2D eigenvalue weighted by Gasteiger charge is 2.21. The fourth-order valence-corrected chi connectivity index (χ4v) is 2.76. The van der Waals surface area contributed by atoms with Crippen LogP contribution in [0.2, 0.25) is 0 Å². The Labute approximate surface area is 131 Å². The van der Waals surface area contributed by atoms with E-state index in [0.29, 0.717) is 32.4 Å². The van der Waals surface area contributed by atoms with Crippen LogP contribution >= 0.6 is 0 Å². The molecule has 0 aromatic heterocycles. The molecule has 1 aliphatic heterocycles. The van der Waals surface area contributed by atoms with Gasteiger partial charge in [-0.2, -0.15) is 5.26 Å². The molecule has 0 aliphatic carbocycles. The Balaban J connectivity index is 1.89. The third-order valence-corrected chi connectivity index (χ3v) is 4.15. The first-order valence-corrected chi connectivity index (χ1v) is 7.71. The summed E-state index contributed by atoms with van der Waals surface area (Å²) in [5.41, 5.74) is 2.14. The van der Waals surface area contributed by atoms with E-state index in [1.54, 1.807) is 11.9 Å². The lowest BCUT2D eigenvalue weighted by Gasteiger charge is -2.22. The number of nitrogens with zero attached hydrogens (tertiary/aromatic N) is 3. The summed E-state index contributed by atoms with van der Waals surface area (Å²) in [6.45, 7) is 2.71. The first-order chi connectivity index (χ1) is 10.6. The lowest BCUT2D eigenvalue weighted by Crippen LogP contribution is -2.32.